The van der Waals surface area contributed by atoms with Crippen LogP contribution in [0.5, 0.6) is 0 Å². The molecule has 0 nitrogen and oxygen atoms in total. The van der Waals surface area contributed by atoms with Crippen molar-refractivity contribution in [2.24, 2.45) is 0 Å². The minimum Gasteiger partial charge on any atom is -0.123 e. The fourth-order valence-corrected chi connectivity index (χ4v) is 2.41. The summed E-state index contributed by atoms with van der Waals surface area (Å²) < 4.78 is 0. The second-order valence-corrected chi connectivity index (χ2v) is 8.75. The zero-order chi connectivity index (χ0) is 10.7. The highest BCUT2D eigenvalue weighted by Gasteiger charge is 1.97. The van der Waals surface area contributed by atoms with E-state index in [2.05, 4.69) is 76.1 Å². The van der Waals surface area contributed by atoms with E-state index in [9.17, 15) is 0 Å². The van der Waals surface area contributed by atoms with Gasteiger partial charge >= 0.3 is 0 Å². The summed E-state index contributed by atoms with van der Waals surface area (Å²) in [5, 5.41) is 2.63. The largest absolute Gasteiger partial charge is 0.158 e. The van der Waals surface area contributed by atoms with Crippen LogP contribution in [0, 0.1) is 0 Å². The Morgan fingerprint density at radius 2 is 1.80 bits per heavy atom. The van der Waals surface area contributed by atoms with Crippen molar-refractivity contribution in [3.05, 3.63) is 53.7 Å². The Bertz CT molecular complexity index is 483. The minimum absolute atomic E-state index is 0.468. The van der Waals surface area contributed by atoms with Gasteiger partial charge < -0.3 is 0 Å². The summed E-state index contributed by atoms with van der Waals surface area (Å²) in [5.74, 6) is 0. The van der Waals surface area contributed by atoms with E-state index in [0.717, 1.165) is 0 Å². The van der Waals surface area contributed by atoms with Gasteiger partial charge in [-0.05, 0) is 16.3 Å². The molecule has 0 spiro atoms. The van der Waals surface area contributed by atoms with Crippen LogP contribution in [0.25, 0.3) is 16.8 Å². The van der Waals surface area contributed by atoms with E-state index in [4.69, 9.17) is 0 Å². The molecule has 0 atom stereocenters. The van der Waals surface area contributed by atoms with Crippen LogP contribution in [0.4, 0.5) is 0 Å². The van der Waals surface area contributed by atoms with Crippen LogP contribution in [0.1, 0.15) is 5.56 Å². The summed E-state index contributed by atoms with van der Waals surface area (Å²) in [7, 11) is -0.468. The van der Waals surface area contributed by atoms with E-state index < -0.39 is 7.42 Å². The van der Waals surface area contributed by atoms with Gasteiger partial charge in [0.15, 0.2) is 7.42 Å². The third-order valence-electron chi connectivity index (χ3n) is 2.32. The molecule has 0 N–H and O–H groups in total. The van der Waals surface area contributed by atoms with Crippen LogP contribution in [0.2, 0.25) is 6.55 Å². The lowest BCUT2D eigenvalue weighted by Gasteiger charge is -2.01. The number of hydrogen-bond acceptors (Lipinski definition) is 0. The lowest BCUT2D eigenvalue weighted by Crippen LogP contribution is -1.87. The molecule has 2 heteroatoms. The van der Waals surface area contributed by atoms with Gasteiger partial charge in [0, 0.05) is 0 Å². The molecule has 15 heavy (non-hydrogen) atoms. The number of fused-ring (bicyclic) bond motifs is 1. The summed E-state index contributed by atoms with van der Waals surface area (Å²) in [4.78, 5) is 0. The van der Waals surface area contributed by atoms with Gasteiger partial charge in [0.05, 0.1) is 0 Å². The molecule has 0 saturated carbocycles. The maximum absolute atomic E-state index is 3.61. The monoisotopic (exact) mass is 275 g/mol. The molecule has 0 unspecified atom stereocenters. The molecule has 0 saturated heterocycles. The van der Waals surface area contributed by atoms with E-state index >= 15 is 0 Å². The molecule has 2 aromatic carbocycles. The molecular weight excluding hydrogens is 264 g/mol. The zero-order valence-electron chi connectivity index (χ0n) is 8.57. The molecule has 2 rings (SSSR count). The predicted octanol–water partition coefficient (Wildman–Crippen LogP) is 4.41. The van der Waals surface area contributed by atoms with Crippen LogP contribution in [-0.4, -0.2) is 7.42 Å². The first kappa shape index (κ1) is 10.6. The number of hydrogen-bond donors (Lipinski definition) is 0. The zero-order valence-corrected chi connectivity index (χ0v) is 11.2. The van der Waals surface area contributed by atoms with Crippen molar-refractivity contribution >= 4 is 39.6 Å². The van der Waals surface area contributed by atoms with Gasteiger partial charge in [-0.2, -0.15) is 0 Å². The van der Waals surface area contributed by atoms with Gasteiger partial charge in [-0.1, -0.05) is 60.8 Å². The molecule has 0 aliphatic rings. The molecule has 75 valence electrons. The average molecular weight is 276 g/mol. The summed E-state index contributed by atoms with van der Waals surface area (Å²) >= 11 is 3.61. The summed E-state index contributed by atoms with van der Waals surface area (Å²) in [6.07, 6.45) is 2.21. The third-order valence-corrected chi connectivity index (χ3v) is 3.73. The van der Waals surface area contributed by atoms with Crippen molar-refractivity contribution in [3.8, 4) is 0 Å². The van der Waals surface area contributed by atoms with Gasteiger partial charge in [-0.3, -0.25) is 0 Å². The van der Waals surface area contributed by atoms with E-state index in [1.165, 1.54) is 16.3 Å². The molecule has 2 aromatic rings. The van der Waals surface area contributed by atoms with Crippen molar-refractivity contribution in [2.75, 3.05) is 0 Å². The second-order valence-electron chi connectivity index (χ2n) is 3.49. The Morgan fingerprint density at radius 1 is 1.07 bits per heavy atom. The SMILES string of the molecule is C[Si](Br)C=Cc1cccc2ccccc12. The summed E-state index contributed by atoms with van der Waals surface area (Å²) in [6.45, 7) is 2.21. The Labute approximate surface area is 99.8 Å². The standard InChI is InChI=1S/C13H12BrSi/c1-15(14)10-9-12-7-4-6-11-5-2-3-8-13(11)12/h2-10H,1H3. The first-order chi connectivity index (χ1) is 7.27. The van der Waals surface area contributed by atoms with E-state index in [0.29, 0.717) is 0 Å². The first-order valence-corrected chi connectivity index (χ1v) is 9.26. The number of halogens is 1. The topological polar surface area (TPSA) is 0 Å². The van der Waals surface area contributed by atoms with Gasteiger partial charge in [-0.25, -0.2) is 0 Å². The van der Waals surface area contributed by atoms with Crippen molar-refractivity contribution in [2.45, 2.75) is 6.55 Å². The van der Waals surface area contributed by atoms with E-state index in [-0.39, 0.29) is 0 Å². The fraction of sp³-hybridized carbons (Fsp3) is 0.0769. The number of benzene rings is 2. The average Bonchev–Trinajstić information content (AvgIpc) is 2.26. The molecule has 0 aromatic heterocycles. The van der Waals surface area contributed by atoms with Crippen molar-refractivity contribution in [3.63, 3.8) is 0 Å². The molecular formula is C13H12BrSi. The van der Waals surface area contributed by atoms with Crippen LogP contribution in [-0.2, 0) is 0 Å². The van der Waals surface area contributed by atoms with Crippen LogP contribution < -0.4 is 0 Å². The maximum atomic E-state index is 3.61. The fourth-order valence-electron chi connectivity index (χ4n) is 1.60. The molecule has 0 bridgehead atoms. The van der Waals surface area contributed by atoms with Crippen molar-refractivity contribution in [1.29, 1.82) is 0 Å². The van der Waals surface area contributed by atoms with Crippen molar-refractivity contribution in [1.82, 2.24) is 0 Å². The lowest BCUT2D eigenvalue weighted by molar-refractivity contribution is 1.71. The van der Waals surface area contributed by atoms with Crippen LogP contribution >= 0.6 is 15.3 Å². The predicted molar refractivity (Wildman–Crippen MR) is 73.5 cm³/mol. The Hall–Kier alpha value is -0.863. The second kappa shape index (κ2) is 4.77. The highest BCUT2D eigenvalue weighted by molar-refractivity contribution is 9.24. The van der Waals surface area contributed by atoms with Gasteiger partial charge in [-0.15, -0.1) is 15.3 Å². The third kappa shape index (κ3) is 2.58. The highest BCUT2D eigenvalue weighted by atomic mass is 79.9. The minimum atomic E-state index is -0.468. The van der Waals surface area contributed by atoms with E-state index in [1.54, 1.807) is 0 Å². The quantitative estimate of drug-likeness (QED) is 0.563. The highest BCUT2D eigenvalue weighted by Crippen LogP contribution is 2.19. The first-order valence-electron chi connectivity index (χ1n) is 4.92. The Kier molecular flexibility index (Phi) is 3.39. The molecule has 0 aliphatic carbocycles. The Morgan fingerprint density at radius 3 is 2.60 bits per heavy atom. The number of rotatable bonds is 2. The maximum Gasteiger partial charge on any atom is 0.158 e. The molecule has 0 fully saturated rings. The van der Waals surface area contributed by atoms with Gasteiger partial charge in [0.2, 0.25) is 0 Å². The van der Waals surface area contributed by atoms with E-state index in [1.807, 2.05) is 0 Å². The smallest absolute Gasteiger partial charge is 0.123 e. The van der Waals surface area contributed by atoms with Gasteiger partial charge in [0.1, 0.15) is 0 Å². The molecule has 0 amide bonds. The molecule has 0 aliphatic heterocycles. The summed E-state index contributed by atoms with van der Waals surface area (Å²) in [6, 6.07) is 14.9. The molecule has 0 heterocycles. The van der Waals surface area contributed by atoms with Crippen LogP contribution in [0.3, 0.4) is 0 Å². The lowest BCUT2D eigenvalue weighted by atomic mass is 10.1. The van der Waals surface area contributed by atoms with Crippen molar-refractivity contribution < 1.29 is 0 Å². The molecule has 1 radical (unpaired) electrons. The normalized spacial score (nSPS) is 11.7. The summed E-state index contributed by atoms with van der Waals surface area (Å²) in [5.41, 5.74) is 3.56. The van der Waals surface area contributed by atoms with Gasteiger partial charge in [0.25, 0.3) is 0 Å². The van der Waals surface area contributed by atoms with Crippen LogP contribution in [0.15, 0.2) is 48.2 Å². The Balaban J connectivity index is 2.51.